The first-order valence-corrected chi connectivity index (χ1v) is 5.70. The molecule has 16 heavy (non-hydrogen) atoms. The second kappa shape index (κ2) is 5.59. The number of rotatable bonds is 4. The number of aryl methyl sites for hydroxylation is 1. The average Bonchev–Trinajstić information content (AvgIpc) is 2.23. The zero-order chi connectivity index (χ0) is 12.1. The van der Waals surface area contributed by atoms with Crippen molar-refractivity contribution in [3.8, 4) is 5.75 Å². The fourth-order valence-electron chi connectivity index (χ4n) is 1.53. The van der Waals surface area contributed by atoms with Crippen LogP contribution in [-0.2, 0) is 0 Å². The number of ether oxygens (including phenoxy) is 1. The highest BCUT2D eigenvalue weighted by Gasteiger charge is 2.09. The Morgan fingerprint density at radius 1 is 1.38 bits per heavy atom. The standard InChI is InChI=1S/C14H21NO/c1-5-6-7-16-14-8-11(4)13(15)9-12(14)10(2)3/h5-6,8-10H,7,15H2,1-4H3/b6-5+. The number of hydrogen-bond donors (Lipinski definition) is 1. The van der Waals surface area contributed by atoms with Gasteiger partial charge in [-0.3, -0.25) is 0 Å². The lowest BCUT2D eigenvalue weighted by Crippen LogP contribution is -2.02. The average molecular weight is 219 g/mol. The number of nitrogen functional groups attached to an aromatic ring is 1. The molecule has 0 heterocycles. The summed E-state index contributed by atoms with van der Waals surface area (Å²) in [7, 11) is 0. The van der Waals surface area contributed by atoms with E-state index in [0.29, 0.717) is 12.5 Å². The number of anilines is 1. The van der Waals surface area contributed by atoms with E-state index < -0.39 is 0 Å². The molecule has 0 saturated carbocycles. The van der Waals surface area contributed by atoms with Crippen LogP contribution in [0, 0.1) is 6.92 Å². The summed E-state index contributed by atoms with van der Waals surface area (Å²) in [5.41, 5.74) is 8.99. The van der Waals surface area contributed by atoms with Gasteiger partial charge in [-0.2, -0.15) is 0 Å². The SMILES string of the molecule is C/C=C/COc1cc(C)c(N)cc1C(C)C. The molecule has 0 unspecified atom stereocenters. The summed E-state index contributed by atoms with van der Waals surface area (Å²) in [5, 5.41) is 0. The van der Waals surface area contributed by atoms with E-state index in [1.165, 1.54) is 5.56 Å². The van der Waals surface area contributed by atoms with Crippen LogP contribution < -0.4 is 10.5 Å². The molecule has 2 N–H and O–H groups in total. The number of benzene rings is 1. The van der Waals surface area contributed by atoms with Crippen molar-refractivity contribution in [2.24, 2.45) is 0 Å². The van der Waals surface area contributed by atoms with Crippen molar-refractivity contribution >= 4 is 5.69 Å². The van der Waals surface area contributed by atoms with Gasteiger partial charge in [0.1, 0.15) is 12.4 Å². The molecule has 0 spiro atoms. The third-order valence-corrected chi connectivity index (χ3v) is 2.59. The van der Waals surface area contributed by atoms with Crippen LogP contribution in [0.5, 0.6) is 5.75 Å². The molecule has 0 fully saturated rings. The fourth-order valence-corrected chi connectivity index (χ4v) is 1.53. The lowest BCUT2D eigenvalue weighted by atomic mass is 9.99. The Balaban J connectivity index is 3.00. The van der Waals surface area contributed by atoms with Gasteiger partial charge in [-0.25, -0.2) is 0 Å². The van der Waals surface area contributed by atoms with Crippen molar-refractivity contribution in [3.63, 3.8) is 0 Å². The monoisotopic (exact) mass is 219 g/mol. The predicted molar refractivity (Wildman–Crippen MR) is 70.0 cm³/mol. The third-order valence-electron chi connectivity index (χ3n) is 2.59. The summed E-state index contributed by atoms with van der Waals surface area (Å²) in [4.78, 5) is 0. The van der Waals surface area contributed by atoms with Crippen molar-refractivity contribution in [2.75, 3.05) is 12.3 Å². The molecule has 0 aliphatic rings. The van der Waals surface area contributed by atoms with E-state index in [1.54, 1.807) is 0 Å². The maximum Gasteiger partial charge on any atom is 0.123 e. The summed E-state index contributed by atoms with van der Waals surface area (Å²) in [6, 6.07) is 4.04. The molecule has 0 aliphatic carbocycles. The lowest BCUT2D eigenvalue weighted by Gasteiger charge is -2.15. The highest BCUT2D eigenvalue weighted by atomic mass is 16.5. The molecule has 88 valence electrons. The second-order valence-corrected chi connectivity index (χ2v) is 4.28. The minimum absolute atomic E-state index is 0.420. The van der Waals surface area contributed by atoms with Crippen molar-refractivity contribution in [1.29, 1.82) is 0 Å². The Hall–Kier alpha value is -1.44. The highest BCUT2D eigenvalue weighted by Crippen LogP contribution is 2.30. The fraction of sp³-hybridized carbons (Fsp3) is 0.429. The molecule has 0 bridgehead atoms. The van der Waals surface area contributed by atoms with E-state index in [0.717, 1.165) is 17.0 Å². The van der Waals surface area contributed by atoms with Crippen LogP contribution in [0.2, 0.25) is 0 Å². The maximum atomic E-state index is 5.91. The summed E-state index contributed by atoms with van der Waals surface area (Å²) < 4.78 is 5.73. The first kappa shape index (κ1) is 12.6. The van der Waals surface area contributed by atoms with E-state index in [9.17, 15) is 0 Å². The van der Waals surface area contributed by atoms with Gasteiger partial charge in [0, 0.05) is 5.69 Å². The van der Waals surface area contributed by atoms with Crippen LogP contribution in [0.3, 0.4) is 0 Å². The number of hydrogen-bond acceptors (Lipinski definition) is 2. The Bertz CT molecular complexity index is 381. The van der Waals surface area contributed by atoms with Crippen molar-refractivity contribution in [2.45, 2.75) is 33.6 Å². The van der Waals surface area contributed by atoms with Gasteiger partial charge in [-0.05, 0) is 43.0 Å². The molecule has 1 aromatic carbocycles. The molecule has 2 heteroatoms. The normalized spacial score (nSPS) is 11.3. The number of nitrogens with two attached hydrogens (primary N) is 1. The van der Waals surface area contributed by atoms with E-state index in [2.05, 4.69) is 13.8 Å². The second-order valence-electron chi connectivity index (χ2n) is 4.28. The summed E-state index contributed by atoms with van der Waals surface area (Å²) >= 11 is 0. The van der Waals surface area contributed by atoms with Gasteiger partial charge in [0.15, 0.2) is 0 Å². The molecule has 1 rings (SSSR count). The minimum atomic E-state index is 0.420. The topological polar surface area (TPSA) is 35.2 Å². The smallest absolute Gasteiger partial charge is 0.123 e. The molecule has 0 atom stereocenters. The van der Waals surface area contributed by atoms with Crippen molar-refractivity contribution in [3.05, 3.63) is 35.4 Å². The van der Waals surface area contributed by atoms with E-state index in [1.807, 2.05) is 38.1 Å². The van der Waals surface area contributed by atoms with Crippen LogP contribution in [-0.4, -0.2) is 6.61 Å². The quantitative estimate of drug-likeness (QED) is 0.619. The van der Waals surface area contributed by atoms with Crippen LogP contribution in [0.15, 0.2) is 24.3 Å². The van der Waals surface area contributed by atoms with Gasteiger partial charge in [-0.1, -0.05) is 26.0 Å². The largest absolute Gasteiger partial charge is 0.489 e. The van der Waals surface area contributed by atoms with Gasteiger partial charge in [0.25, 0.3) is 0 Å². The molecular weight excluding hydrogens is 198 g/mol. The molecular formula is C14H21NO. The molecule has 0 radical (unpaired) electrons. The van der Waals surface area contributed by atoms with Gasteiger partial charge < -0.3 is 10.5 Å². The van der Waals surface area contributed by atoms with Gasteiger partial charge in [-0.15, -0.1) is 0 Å². The molecule has 0 amide bonds. The van der Waals surface area contributed by atoms with Crippen LogP contribution in [0.25, 0.3) is 0 Å². The minimum Gasteiger partial charge on any atom is -0.489 e. The van der Waals surface area contributed by atoms with Crippen LogP contribution in [0.1, 0.15) is 37.8 Å². The predicted octanol–water partition coefficient (Wildman–Crippen LogP) is 3.66. The molecule has 1 aromatic rings. The first-order chi connectivity index (χ1) is 7.56. The lowest BCUT2D eigenvalue weighted by molar-refractivity contribution is 0.357. The Labute approximate surface area is 98.1 Å². The molecule has 0 aromatic heterocycles. The van der Waals surface area contributed by atoms with Gasteiger partial charge in [0.05, 0.1) is 0 Å². The van der Waals surface area contributed by atoms with Gasteiger partial charge in [0.2, 0.25) is 0 Å². The molecule has 0 aliphatic heterocycles. The maximum absolute atomic E-state index is 5.91. The Morgan fingerprint density at radius 3 is 2.62 bits per heavy atom. The Kier molecular flexibility index (Phi) is 4.41. The van der Waals surface area contributed by atoms with E-state index in [-0.39, 0.29) is 0 Å². The zero-order valence-electron chi connectivity index (χ0n) is 10.6. The van der Waals surface area contributed by atoms with Crippen molar-refractivity contribution in [1.82, 2.24) is 0 Å². The van der Waals surface area contributed by atoms with Gasteiger partial charge >= 0.3 is 0 Å². The third kappa shape index (κ3) is 3.02. The van der Waals surface area contributed by atoms with Crippen molar-refractivity contribution < 1.29 is 4.74 Å². The summed E-state index contributed by atoms with van der Waals surface area (Å²) in [5.74, 6) is 1.36. The first-order valence-electron chi connectivity index (χ1n) is 5.70. The van der Waals surface area contributed by atoms with E-state index >= 15 is 0 Å². The van der Waals surface area contributed by atoms with E-state index in [4.69, 9.17) is 10.5 Å². The van der Waals surface area contributed by atoms with Crippen LogP contribution in [0.4, 0.5) is 5.69 Å². The molecule has 0 saturated heterocycles. The summed E-state index contributed by atoms with van der Waals surface area (Å²) in [6.07, 6.45) is 3.98. The number of allylic oxidation sites excluding steroid dienone is 1. The highest BCUT2D eigenvalue weighted by molar-refractivity contribution is 5.55. The zero-order valence-corrected chi connectivity index (χ0v) is 10.6. The summed E-state index contributed by atoms with van der Waals surface area (Å²) in [6.45, 7) is 8.89. The molecule has 2 nitrogen and oxygen atoms in total. The Morgan fingerprint density at radius 2 is 2.06 bits per heavy atom. The van der Waals surface area contributed by atoms with Crippen LogP contribution >= 0.6 is 0 Å².